The molecule has 19 heavy (non-hydrogen) atoms. The summed E-state index contributed by atoms with van der Waals surface area (Å²) >= 11 is 0. The zero-order valence-corrected chi connectivity index (χ0v) is 10.7. The van der Waals surface area contributed by atoms with E-state index >= 15 is 0 Å². The van der Waals surface area contributed by atoms with Crippen LogP contribution in [0.3, 0.4) is 0 Å². The Morgan fingerprint density at radius 2 is 2.05 bits per heavy atom. The van der Waals surface area contributed by atoms with Crippen LogP contribution in [0.25, 0.3) is 0 Å². The summed E-state index contributed by atoms with van der Waals surface area (Å²) < 4.78 is 0. The maximum atomic E-state index is 12.3. The van der Waals surface area contributed by atoms with Gasteiger partial charge in [0.25, 0.3) is 5.91 Å². The van der Waals surface area contributed by atoms with Crippen LogP contribution < -0.4 is 10.6 Å². The Morgan fingerprint density at radius 1 is 1.26 bits per heavy atom. The maximum absolute atomic E-state index is 12.3. The highest BCUT2D eigenvalue weighted by atomic mass is 16.2. The number of rotatable bonds is 4. The first kappa shape index (κ1) is 12.2. The Bertz CT molecular complexity index is 525. The fraction of sp³-hybridized carbons (Fsp3) is 0.429. The molecule has 1 aliphatic carbocycles. The van der Waals surface area contributed by atoms with Crippen LogP contribution in [0.1, 0.15) is 18.4 Å². The highest BCUT2D eigenvalue weighted by Gasteiger charge is 2.39. The molecule has 1 aliphatic heterocycles. The second-order valence-corrected chi connectivity index (χ2v) is 5.21. The molecule has 1 saturated carbocycles. The quantitative estimate of drug-likeness (QED) is 0.829. The molecule has 0 atom stereocenters. The molecule has 1 aromatic rings. The lowest BCUT2D eigenvalue weighted by atomic mass is 10.2. The van der Waals surface area contributed by atoms with Gasteiger partial charge in [0, 0.05) is 13.1 Å². The number of carbonyl (C=O) groups is 2. The Hall–Kier alpha value is -1.88. The van der Waals surface area contributed by atoms with E-state index < -0.39 is 0 Å². The van der Waals surface area contributed by atoms with Crippen molar-refractivity contribution < 1.29 is 9.59 Å². The van der Waals surface area contributed by atoms with Gasteiger partial charge >= 0.3 is 6.03 Å². The molecule has 0 spiro atoms. The normalized spacial score (nSPS) is 19.4. The molecule has 100 valence electrons. The lowest BCUT2D eigenvalue weighted by Gasteiger charge is -2.17. The van der Waals surface area contributed by atoms with Crippen LogP contribution in [-0.2, 0) is 11.3 Å². The first-order valence-electron chi connectivity index (χ1n) is 6.60. The zero-order chi connectivity index (χ0) is 13.4. The summed E-state index contributed by atoms with van der Waals surface area (Å²) in [6.07, 6.45) is 2.33. The van der Waals surface area contributed by atoms with E-state index in [2.05, 4.69) is 0 Å². The number of hydrogen-bond donors (Lipinski definition) is 1. The lowest BCUT2D eigenvalue weighted by molar-refractivity contribution is -0.116. The Labute approximate surface area is 112 Å². The predicted molar refractivity (Wildman–Crippen MR) is 71.5 cm³/mol. The summed E-state index contributed by atoms with van der Waals surface area (Å²) in [5.41, 5.74) is 7.13. The predicted octanol–water partition coefficient (Wildman–Crippen LogP) is 1.32. The first-order chi connectivity index (χ1) is 9.19. The summed E-state index contributed by atoms with van der Waals surface area (Å²) in [4.78, 5) is 27.2. The summed E-state index contributed by atoms with van der Waals surface area (Å²) in [7, 11) is 0. The van der Waals surface area contributed by atoms with E-state index in [9.17, 15) is 9.59 Å². The van der Waals surface area contributed by atoms with Gasteiger partial charge in [0.05, 0.1) is 5.69 Å². The fourth-order valence-corrected chi connectivity index (χ4v) is 2.38. The molecule has 1 aromatic carbocycles. The topological polar surface area (TPSA) is 66.6 Å². The first-order valence-corrected chi connectivity index (χ1v) is 6.60. The number of amides is 3. The van der Waals surface area contributed by atoms with E-state index in [-0.39, 0.29) is 18.5 Å². The van der Waals surface area contributed by atoms with Crippen molar-refractivity contribution in [3.05, 3.63) is 29.8 Å². The van der Waals surface area contributed by atoms with Crippen molar-refractivity contribution >= 4 is 17.6 Å². The molecular weight excluding hydrogens is 242 g/mol. The van der Waals surface area contributed by atoms with Crippen LogP contribution in [0.5, 0.6) is 0 Å². The second-order valence-electron chi connectivity index (χ2n) is 5.21. The van der Waals surface area contributed by atoms with Gasteiger partial charge in [-0.15, -0.1) is 0 Å². The van der Waals surface area contributed by atoms with Crippen molar-refractivity contribution in [1.29, 1.82) is 0 Å². The molecule has 1 saturated heterocycles. The molecule has 5 nitrogen and oxygen atoms in total. The van der Waals surface area contributed by atoms with Gasteiger partial charge < -0.3 is 10.6 Å². The van der Waals surface area contributed by atoms with Crippen LogP contribution in [0.4, 0.5) is 10.5 Å². The number of carbonyl (C=O) groups excluding carboxylic acids is 2. The van der Waals surface area contributed by atoms with Gasteiger partial charge in [0.15, 0.2) is 0 Å². The van der Waals surface area contributed by atoms with Crippen LogP contribution in [0.15, 0.2) is 24.3 Å². The smallest absolute Gasteiger partial charge is 0.326 e. The summed E-state index contributed by atoms with van der Waals surface area (Å²) in [6, 6.07) is 7.08. The van der Waals surface area contributed by atoms with Crippen molar-refractivity contribution in [3.8, 4) is 0 Å². The number of benzene rings is 1. The number of urea groups is 1. The van der Waals surface area contributed by atoms with E-state index in [1.807, 2.05) is 12.1 Å². The van der Waals surface area contributed by atoms with Gasteiger partial charge in [-0.05, 0) is 36.5 Å². The van der Waals surface area contributed by atoms with Gasteiger partial charge in [-0.1, -0.05) is 12.1 Å². The number of anilines is 1. The fourth-order valence-electron chi connectivity index (χ4n) is 2.38. The molecule has 0 aromatic heterocycles. The number of nitrogens with two attached hydrogens (primary N) is 1. The summed E-state index contributed by atoms with van der Waals surface area (Å²) in [5, 5.41) is 0. The van der Waals surface area contributed by atoms with Crippen molar-refractivity contribution in [1.82, 2.24) is 4.90 Å². The highest BCUT2D eigenvalue weighted by Crippen LogP contribution is 2.32. The average Bonchev–Trinajstić information content (AvgIpc) is 3.17. The molecule has 1 heterocycles. The van der Waals surface area contributed by atoms with Crippen molar-refractivity contribution in [2.75, 3.05) is 18.0 Å². The van der Waals surface area contributed by atoms with E-state index in [1.54, 1.807) is 17.0 Å². The van der Waals surface area contributed by atoms with Gasteiger partial charge in [0.1, 0.15) is 6.54 Å². The second kappa shape index (κ2) is 4.66. The summed E-state index contributed by atoms with van der Waals surface area (Å²) in [5.74, 6) is 0.437. The lowest BCUT2D eigenvalue weighted by Crippen LogP contribution is -2.34. The third-order valence-electron chi connectivity index (χ3n) is 3.62. The Kier molecular flexibility index (Phi) is 2.98. The molecule has 2 aliphatic rings. The molecule has 0 radical (unpaired) electrons. The van der Waals surface area contributed by atoms with E-state index in [4.69, 9.17) is 5.73 Å². The SMILES string of the molecule is NCc1cccc(N2C(=O)CN(CC3CC3)C2=O)c1. The van der Waals surface area contributed by atoms with E-state index in [0.717, 1.165) is 5.56 Å². The minimum atomic E-state index is -0.203. The van der Waals surface area contributed by atoms with Crippen LogP contribution in [0.2, 0.25) is 0 Å². The third kappa shape index (κ3) is 2.33. The monoisotopic (exact) mass is 259 g/mol. The molecule has 3 rings (SSSR count). The van der Waals surface area contributed by atoms with Crippen molar-refractivity contribution in [2.45, 2.75) is 19.4 Å². The van der Waals surface area contributed by atoms with Crippen LogP contribution in [-0.4, -0.2) is 29.9 Å². The van der Waals surface area contributed by atoms with Gasteiger partial charge in [-0.3, -0.25) is 4.79 Å². The third-order valence-corrected chi connectivity index (χ3v) is 3.62. The van der Waals surface area contributed by atoms with Crippen LogP contribution >= 0.6 is 0 Å². The van der Waals surface area contributed by atoms with Gasteiger partial charge in [-0.2, -0.15) is 0 Å². The maximum Gasteiger partial charge on any atom is 0.331 e. The van der Waals surface area contributed by atoms with Crippen molar-refractivity contribution in [3.63, 3.8) is 0 Å². The minimum absolute atomic E-state index is 0.153. The Morgan fingerprint density at radius 3 is 2.74 bits per heavy atom. The molecule has 2 fully saturated rings. The largest absolute Gasteiger partial charge is 0.331 e. The van der Waals surface area contributed by atoms with E-state index in [1.165, 1.54) is 17.7 Å². The van der Waals surface area contributed by atoms with E-state index in [0.29, 0.717) is 24.7 Å². The molecule has 5 heteroatoms. The highest BCUT2D eigenvalue weighted by molar-refractivity contribution is 6.19. The molecular formula is C14H17N3O2. The standard InChI is InChI=1S/C14H17N3O2/c15-7-11-2-1-3-12(6-11)17-13(18)9-16(14(17)19)8-10-4-5-10/h1-3,6,10H,4-5,7-9,15H2. The van der Waals surface area contributed by atoms with Crippen LogP contribution in [0, 0.1) is 5.92 Å². The average molecular weight is 259 g/mol. The number of imide groups is 1. The minimum Gasteiger partial charge on any atom is -0.326 e. The number of hydrogen-bond acceptors (Lipinski definition) is 3. The summed E-state index contributed by atoms with van der Waals surface area (Å²) in [6.45, 7) is 1.30. The number of nitrogens with zero attached hydrogens (tertiary/aromatic N) is 2. The molecule has 0 unspecified atom stereocenters. The van der Waals surface area contributed by atoms with Gasteiger partial charge in [-0.25, -0.2) is 9.69 Å². The zero-order valence-electron chi connectivity index (χ0n) is 10.7. The molecule has 2 N–H and O–H groups in total. The Balaban J connectivity index is 1.82. The van der Waals surface area contributed by atoms with Crippen molar-refractivity contribution in [2.24, 2.45) is 11.7 Å². The van der Waals surface area contributed by atoms with Gasteiger partial charge in [0.2, 0.25) is 0 Å². The molecule has 3 amide bonds. The molecule has 0 bridgehead atoms.